The number of carbonyl (C=O) groups is 1. The van der Waals surface area contributed by atoms with Crippen LogP contribution in [0, 0.1) is 23.2 Å². The van der Waals surface area contributed by atoms with Crippen molar-refractivity contribution >= 4 is 11.6 Å². The zero-order valence-electron chi connectivity index (χ0n) is 8.95. The quantitative estimate of drug-likeness (QED) is 0.609. The van der Waals surface area contributed by atoms with Gasteiger partial charge in [-0.2, -0.15) is 5.26 Å². The molecule has 0 spiro atoms. The van der Waals surface area contributed by atoms with E-state index in [9.17, 15) is 4.79 Å². The lowest BCUT2D eigenvalue weighted by Gasteiger charge is -2.14. The van der Waals surface area contributed by atoms with E-state index in [4.69, 9.17) is 5.26 Å². The molecule has 0 aromatic heterocycles. The number of rotatable bonds is 0. The monoisotopic (exact) mass is 210 g/mol. The molecule has 3 heteroatoms. The van der Waals surface area contributed by atoms with Crippen molar-refractivity contribution in [2.75, 3.05) is 11.4 Å². The third-order valence-electron chi connectivity index (χ3n) is 2.62. The summed E-state index contributed by atoms with van der Waals surface area (Å²) in [6.07, 6.45) is 0.858. The van der Waals surface area contributed by atoms with Crippen LogP contribution in [0.5, 0.6) is 0 Å². The van der Waals surface area contributed by atoms with Crippen molar-refractivity contribution < 1.29 is 4.79 Å². The average molecular weight is 210 g/mol. The Labute approximate surface area is 94.3 Å². The highest BCUT2D eigenvalue weighted by Crippen LogP contribution is 2.28. The number of carbonyl (C=O) groups excluding carboxylic acids is 1. The molecule has 2 rings (SSSR count). The number of benzene rings is 1. The molecular formula is C13H10N2O. The minimum atomic E-state index is 0.0645. The van der Waals surface area contributed by atoms with Gasteiger partial charge in [-0.3, -0.25) is 4.79 Å². The first-order valence-electron chi connectivity index (χ1n) is 5.03. The fraction of sp³-hybridized carbons (Fsp3) is 0.231. The van der Waals surface area contributed by atoms with Crippen LogP contribution in [0.3, 0.4) is 0 Å². The largest absolute Gasteiger partial charge is 0.312 e. The average Bonchev–Trinajstić information content (AvgIpc) is 2.69. The van der Waals surface area contributed by atoms with Crippen molar-refractivity contribution in [3.8, 4) is 17.9 Å². The summed E-state index contributed by atoms with van der Waals surface area (Å²) in [5.41, 5.74) is 2.92. The molecule has 0 saturated heterocycles. The van der Waals surface area contributed by atoms with Gasteiger partial charge in [0.05, 0.1) is 0 Å². The zero-order chi connectivity index (χ0) is 11.5. The van der Waals surface area contributed by atoms with Crippen LogP contribution in [0.15, 0.2) is 18.2 Å². The van der Waals surface area contributed by atoms with Crippen molar-refractivity contribution in [3.05, 3.63) is 29.3 Å². The fourth-order valence-corrected chi connectivity index (χ4v) is 1.91. The highest BCUT2D eigenvalue weighted by atomic mass is 16.2. The number of anilines is 1. The normalized spacial score (nSPS) is 12.4. The van der Waals surface area contributed by atoms with E-state index in [0.717, 1.165) is 29.8 Å². The van der Waals surface area contributed by atoms with E-state index >= 15 is 0 Å². The molecule has 78 valence electrons. The molecule has 1 aliphatic rings. The summed E-state index contributed by atoms with van der Waals surface area (Å²) in [5.74, 6) is 5.18. The van der Waals surface area contributed by atoms with Gasteiger partial charge in [0.2, 0.25) is 5.91 Å². The molecule has 0 saturated carbocycles. The maximum absolute atomic E-state index is 11.3. The molecule has 0 fully saturated rings. The Morgan fingerprint density at radius 2 is 2.31 bits per heavy atom. The van der Waals surface area contributed by atoms with E-state index < -0.39 is 0 Å². The lowest BCUT2D eigenvalue weighted by Crippen LogP contribution is -2.25. The van der Waals surface area contributed by atoms with Crippen LogP contribution in [0.4, 0.5) is 5.69 Å². The Kier molecular flexibility index (Phi) is 2.62. The summed E-state index contributed by atoms with van der Waals surface area (Å²) >= 11 is 0. The van der Waals surface area contributed by atoms with Crippen LogP contribution in [-0.2, 0) is 11.2 Å². The smallest absolute Gasteiger partial charge is 0.223 e. The van der Waals surface area contributed by atoms with Gasteiger partial charge < -0.3 is 4.90 Å². The van der Waals surface area contributed by atoms with Gasteiger partial charge in [-0.15, -0.1) is 0 Å². The van der Waals surface area contributed by atoms with E-state index in [1.54, 1.807) is 17.9 Å². The number of hydrogen-bond donors (Lipinski definition) is 0. The van der Waals surface area contributed by atoms with Crippen molar-refractivity contribution in [2.24, 2.45) is 0 Å². The second-order valence-electron chi connectivity index (χ2n) is 3.63. The molecule has 0 bridgehead atoms. The molecule has 1 heterocycles. The van der Waals surface area contributed by atoms with Gasteiger partial charge in [0.1, 0.15) is 0 Å². The van der Waals surface area contributed by atoms with Gasteiger partial charge in [-0.1, -0.05) is 5.92 Å². The maximum atomic E-state index is 11.3. The van der Waals surface area contributed by atoms with Crippen molar-refractivity contribution in [3.63, 3.8) is 0 Å². The molecule has 0 atom stereocenters. The predicted molar refractivity (Wildman–Crippen MR) is 60.7 cm³/mol. The fourth-order valence-electron chi connectivity index (χ4n) is 1.91. The minimum absolute atomic E-state index is 0.0645. The van der Waals surface area contributed by atoms with Crippen LogP contribution < -0.4 is 4.90 Å². The van der Waals surface area contributed by atoms with Gasteiger partial charge in [-0.05, 0) is 30.2 Å². The van der Waals surface area contributed by atoms with Crippen molar-refractivity contribution in [2.45, 2.75) is 13.3 Å². The van der Waals surface area contributed by atoms with Gasteiger partial charge >= 0.3 is 0 Å². The molecule has 16 heavy (non-hydrogen) atoms. The predicted octanol–water partition coefficient (Wildman–Crippen LogP) is 1.47. The lowest BCUT2D eigenvalue weighted by atomic mass is 10.1. The van der Waals surface area contributed by atoms with Crippen LogP contribution in [0.1, 0.15) is 18.1 Å². The summed E-state index contributed by atoms with van der Waals surface area (Å²) in [7, 11) is 0. The van der Waals surface area contributed by atoms with Crippen LogP contribution in [0.25, 0.3) is 0 Å². The third-order valence-corrected chi connectivity index (χ3v) is 2.62. The highest BCUT2D eigenvalue weighted by molar-refractivity contribution is 5.93. The number of fused-ring (bicyclic) bond motifs is 1. The molecule has 0 aliphatic carbocycles. The number of nitrogens with zero attached hydrogens (tertiary/aromatic N) is 2. The molecule has 1 amide bonds. The Bertz CT molecular complexity index is 543. The van der Waals surface area contributed by atoms with Gasteiger partial charge in [0, 0.05) is 30.6 Å². The van der Waals surface area contributed by atoms with E-state index in [1.165, 1.54) is 0 Å². The summed E-state index contributed by atoms with van der Waals surface area (Å²) in [4.78, 5) is 13.1. The third kappa shape index (κ3) is 1.76. The SMILES string of the molecule is CC(=O)N1CCc2cc(C#CC#N)ccc21. The molecule has 1 aliphatic heterocycles. The molecule has 1 aromatic rings. The Hall–Kier alpha value is -2.26. The Morgan fingerprint density at radius 3 is 3.00 bits per heavy atom. The number of hydrogen-bond acceptors (Lipinski definition) is 2. The van der Waals surface area contributed by atoms with E-state index in [2.05, 4.69) is 11.8 Å². The van der Waals surface area contributed by atoms with Gasteiger partial charge in [0.15, 0.2) is 6.07 Å². The molecular weight excluding hydrogens is 200 g/mol. The first kappa shape index (κ1) is 10.3. The molecule has 0 unspecified atom stereocenters. The molecule has 0 N–H and O–H groups in total. The summed E-state index contributed by atoms with van der Waals surface area (Å²) < 4.78 is 0. The highest BCUT2D eigenvalue weighted by Gasteiger charge is 2.21. The topological polar surface area (TPSA) is 44.1 Å². The first-order valence-corrected chi connectivity index (χ1v) is 5.03. The number of nitriles is 1. The lowest BCUT2D eigenvalue weighted by molar-refractivity contribution is -0.116. The molecule has 1 aromatic carbocycles. The van der Waals surface area contributed by atoms with Crippen molar-refractivity contribution in [1.29, 1.82) is 5.26 Å². The molecule has 3 nitrogen and oxygen atoms in total. The maximum Gasteiger partial charge on any atom is 0.223 e. The zero-order valence-corrected chi connectivity index (χ0v) is 8.95. The Balaban J connectivity index is 2.37. The summed E-state index contributed by atoms with van der Waals surface area (Å²) in [5, 5.41) is 8.36. The van der Waals surface area contributed by atoms with Gasteiger partial charge in [0.25, 0.3) is 0 Å². The van der Waals surface area contributed by atoms with E-state index in [-0.39, 0.29) is 5.91 Å². The van der Waals surface area contributed by atoms with Crippen LogP contribution in [0.2, 0.25) is 0 Å². The summed E-state index contributed by atoms with van der Waals surface area (Å²) in [6, 6.07) is 7.46. The van der Waals surface area contributed by atoms with Gasteiger partial charge in [-0.25, -0.2) is 0 Å². The van der Waals surface area contributed by atoms with Crippen LogP contribution in [-0.4, -0.2) is 12.5 Å². The van der Waals surface area contributed by atoms with E-state index in [1.807, 2.05) is 18.2 Å². The van der Waals surface area contributed by atoms with Crippen LogP contribution >= 0.6 is 0 Å². The second-order valence-corrected chi connectivity index (χ2v) is 3.63. The minimum Gasteiger partial charge on any atom is -0.312 e. The first-order chi connectivity index (χ1) is 7.72. The second kappa shape index (κ2) is 4.08. The van der Waals surface area contributed by atoms with E-state index in [0.29, 0.717) is 0 Å². The van der Waals surface area contributed by atoms with Crippen molar-refractivity contribution in [1.82, 2.24) is 0 Å². The summed E-state index contributed by atoms with van der Waals surface area (Å²) in [6.45, 7) is 2.30. The standard InChI is InChI=1S/C13H10N2O/c1-10(16)15-8-6-12-9-11(3-2-7-14)4-5-13(12)15/h4-5,9H,6,8H2,1H3. The number of amides is 1. The molecule has 0 radical (unpaired) electrons. The Morgan fingerprint density at radius 1 is 1.50 bits per heavy atom.